The number of alkyl halides is 1. The molecular formula is C10H8ClN3O3. The second-order valence-corrected chi connectivity index (χ2v) is 3.54. The van der Waals surface area contributed by atoms with Gasteiger partial charge in [-0.05, 0) is 18.2 Å². The van der Waals surface area contributed by atoms with Crippen LogP contribution in [0.4, 0.5) is 5.69 Å². The summed E-state index contributed by atoms with van der Waals surface area (Å²) in [6, 6.07) is 4.63. The molecule has 0 amide bonds. The van der Waals surface area contributed by atoms with Crippen molar-refractivity contribution in [1.29, 1.82) is 0 Å². The van der Waals surface area contributed by atoms with Crippen molar-refractivity contribution in [2.45, 2.75) is 0 Å². The Bertz CT molecular complexity index is 702. The van der Waals surface area contributed by atoms with Gasteiger partial charge in [0.25, 0.3) is 0 Å². The van der Waals surface area contributed by atoms with E-state index in [1.165, 1.54) is 6.07 Å². The lowest BCUT2D eigenvalue weighted by Gasteiger charge is -1.98. The Morgan fingerprint density at radius 1 is 1.47 bits per heavy atom. The molecule has 0 aliphatic heterocycles. The van der Waals surface area contributed by atoms with Gasteiger partial charge in [-0.3, -0.25) is 4.98 Å². The lowest BCUT2D eigenvalue weighted by Crippen LogP contribution is -2.14. The molecular weight excluding hydrogens is 246 g/mol. The Labute approximate surface area is 99.7 Å². The standard InChI is InChI=1S/C10H8ClN3O3/c11-4-8(12)13-5-1-2-7-6(3-5)9(15)17-10(16)14-7/h1-3H,4H2,(H2,12,13)(H,14,16). The third-order valence-electron chi connectivity index (χ3n) is 2.05. The molecule has 0 radical (unpaired) electrons. The fourth-order valence-electron chi connectivity index (χ4n) is 1.35. The van der Waals surface area contributed by atoms with Crippen molar-refractivity contribution in [2.24, 2.45) is 10.7 Å². The van der Waals surface area contributed by atoms with Gasteiger partial charge in [-0.2, -0.15) is 0 Å². The molecule has 1 heterocycles. The summed E-state index contributed by atoms with van der Waals surface area (Å²) in [5.41, 5.74) is 5.60. The highest BCUT2D eigenvalue weighted by molar-refractivity contribution is 6.28. The lowest BCUT2D eigenvalue weighted by atomic mass is 10.2. The zero-order valence-corrected chi connectivity index (χ0v) is 9.32. The average molecular weight is 254 g/mol. The molecule has 1 aromatic heterocycles. The summed E-state index contributed by atoms with van der Waals surface area (Å²) in [6.45, 7) is 0. The van der Waals surface area contributed by atoms with Crippen LogP contribution in [0.3, 0.4) is 0 Å². The minimum Gasteiger partial charge on any atom is -0.386 e. The quantitative estimate of drug-likeness (QED) is 0.467. The first-order valence-electron chi connectivity index (χ1n) is 4.66. The number of benzene rings is 1. The molecule has 88 valence electrons. The van der Waals surface area contributed by atoms with Gasteiger partial charge in [0.1, 0.15) is 5.84 Å². The number of aromatic nitrogens is 1. The molecule has 6 nitrogen and oxygen atoms in total. The molecule has 0 fully saturated rings. The van der Waals surface area contributed by atoms with Crippen LogP contribution in [0.1, 0.15) is 0 Å². The maximum atomic E-state index is 11.4. The topological polar surface area (TPSA) is 101 Å². The number of halogens is 1. The highest BCUT2D eigenvalue weighted by Gasteiger charge is 2.03. The van der Waals surface area contributed by atoms with E-state index in [-0.39, 0.29) is 17.1 Å². The molecule has 2 rings (SSSR count). The van der Waals surface area contributed by atoms with Gasteiger partial charge in [-0.1, -0.05) is 0 Å². The SMILES string of the molecule is NC(CCl)=Nc1ccc2[nH]c(=O)oc(=O)c2c1. The van der Waals surface area contributed by atoms with Gasteiger partial charge in [-0.25, -0.2) is 14.6 Å². The predicted octanol–water partition coefficient (Wildman–Crippen LogP) is 0.709. The number of nitrogens with one attached hydrogen (secondary N) is 1. The fourth-order valence-corrected chi connectivity index (χ4v) is 1.41. The number of rotatable bonds is 2. The number of nitrogens with two attached hydrogens (primary N) is 1. The second kappa shape index (κ2) is 4.42. The number of aromatic amines is 1. The summed E-state index contributed by atoms with van der Waals surface area (Å²) >= 11 is 5.49. The molecule has 0 aliphatic carbocycles. The van der Waals surface area contributed by atoms with Crippen molar-refractivity contribution in [3.05, 3.63) is 39.2 Å². The summed E-state index contributed by atoms with van der Waals surface area (Å²) < 4.78 is 4.40. The number of fused-ring (bicyclic) bond motifs is 1. The Morgan fingerprint density at radius 3 is 2.94 bits per heavy atom. The van der Waals surface area contributed by atoms with Crippen molar-refractivity contribution in [1.82, 2.24) is 4.98 Å². The smallest absolute Gasteiger partial charge is 0.386 e. The Morgan fingerprint density at radius 2 is 2.24 bits per heavy atom. The van der Waals surface area contributed by atoms with Crippen molar-refractivity contribution in [3.8, 4) is 0 Å². The van der Waals surface area contributed by atoms with Crippen LogP contribution in [0.15, 0.2) is 37.2 Å². The van der Waals surface area contributed by atoms with E-state index in [4.69, 9.17) is 17.3 Å². The van der Waals surface area contributed by atoms with Crippen LogP contribution in [-0.2, 0) is 0 Å². The molecule has 0 saturated carbocycles. The molecule has 17 heavy (non-hydrogen) atoms. The van der Waals surface area contributed by atoms with E-state index < -0.39 is 11.4 Å². The Hall–Kier alpha value is -2.08. The van der Waals surface area contributed by atoms with Gasteiger partial charge >= 0.3 is 11.4 Å². The minimum absolute atomic E-state index is 0.0955. The molecule has 0 unspecified atom stereocenters. The number of nitrogens with zero attached hydrogens (tertiary/aromatic N) is 1. The number of H-pyrrole nitrogens is 1. The first kappa shape index (κ1) is 11.4. The van der Waals surface area contributed by atoms with Crippen LogP contribution in [0.2, 0.25) is 0 Å². The van der Waals surface area contributed by atoms with E-state index in [1.54, 1.807) is 12.1 Å². The largest absolute Gasteiger partial charge is 0.419 e. The molecule has 2 aromatic rings. The van der Waals surface area contributed by atoms with E-state index in [0.717, 1.165) is 0 Å². The minimum atomic E-state index is -0.793. The molecule has 1 aromatic carbocycles. The van der Waals surface area contributed by atoms with Gasteiger partial charge in [0.15, 0.2) is 0 Å². The van der Waals surface area contributed by atoms with Gasteiger partial charge in [0, 0.05) is 0 Å². The van der Waals surface area contributed by atoms with E-state index in [2.05, 4.69) is 14.4 Å². The van der Waals surface area contributed by atoms with Crippen molar-refractivity contribution < 1.29 is 4.42 Å². The second-order valence-electron chi connectivity index (χ2n) is 3.27. The zero-order valence-electron chi connectivity index (χ0n) is 8.57. The van der Waals surface area contributed by atoms with Gasteiger partial charge < -0.3 is 10.2 Å². The summed E-state index contributed by atoms with van der Waals surface area (Å²) in [6.07, 6.45) is 0. The molecule has 7 heteroatoms. The van der Waals surface area contributed by atoms with Gasteiger partial charge in [0.2, 0.25) is 0 Å². The highest BCUT2D eigenvalue weighted by atomic mass is 35.5. The Kier molecular flexibility index (Phi) is 2.97. The average Bonchev–Trinajstić information content (AvgIpc) is 2.29. The van der Waals surface area contributed by atoms with Crippen LogP contribution in [0.5, 0.6) is 0 Å². The first-order chi connectivity index (χ1) is 8.10. The van der Waals surface area contributed by atoms with E-state index in [1.807, 2.05) is 0 Å². The molecule has 0 atom stereocenters. The Balaban J connectivity index is 2.66. The molecule has 0 bridgehead atoms. The number of aliphatic imine (C=N–C) groups is 1. The van der Waals surface area contributed by atoms with Crippen molar-refractivity contribution >= 4 is 34.0 Å². The van der Waals surface area contributed by atoms with E-state index in [9.17, 15) is 9.59 Å². The maximum absolute atomic E-state index is 11.4. The summed E-state index contributed by atoms with van der Waals surface area (Å²) in [7, 11) is 0. The van der Waals surface area contributed by atoms with Gasteiger partial charge in [0.05, 0.1) is 22.5 Å². The van der Waals surface area contributed by atoms with Crippen molar-refractivity contribution in [3.63, 3.8) is 0 Å². The highest BCUT2D eigenvalue weighted by Crippen LogP contribution is 2.16. The van der Waals surface area contributed by atoms with Crippen LogP contribution in [-0.4, -0.2) is 16.7 Å². The number of amidine groups is 1. The normalized spacial score (nSPS) is 11.9. The maximum Gasteiger partial charge on any atom is 0.419 e. The first-order valence-corrected chi connectivity index (χ1v) is 5.20. The molecule has 0 spiro atoms. The molecule has 0 aliphatic rings. The number of hydrogen-bond acceptors (Lipinski definition) is 4. The van der Waals surface area contributed by atoms with Crippen LogP contribution >= 0.6 is 11.6 Å². The molecule has 0 saturated heterocycles. The monoisotopic (exact) mass is 253 g/mol. The van der Waals surface area contributed by atoms with Crippen molar-refractivity contribution in [2.75, 3.05) is 5.88 Å². The van der Waals surface area contributed by atoms with Crippen LogP contribution in [0, 0.1) is 0 Å². The zero-order chi connectivity index (χ0) is 12.4. The lowest BCUT2D eigenvalue weighted by molar-refractivity contribution is 0.460. The van der Waals surface area contributed by atoms with Crippen LogP contribution < -0.4 is 17.1 Å². The third-order valence-corrected chi connectivity index (χ3v) is 2.33. The predicted molar refractivity (Wildman–Crippen MR) is 65.1 cm³/mol. The number of hydrogen-bond donors (Lipinski definition) is 2. The molecule has 3 N–H and O–H groups in total. The van der Waals surface area contributed by atoms with E-state index >= 15 is 0 Å². The van der Waals surface area contributed by atoms with Gasteiger partial charge in [-0.15, -0.1) is 11.6 Å². The van der Waals surface area contributed by atoms with E-state index in [0.29, 0.717) is 11.2 Å². The summed E-state index contributed by atoms with van der Waals surface area (Å²) in [5, 5.41) is 0.230. The fraction of sp³-hybridized carbons (Fsp3) is 0.100. The summed E-state index contributed by atoms with van der Waals surface area (Å²) in [4.78, 5) is 28.7. The third kappa shape index (κ3) is 2.36. The summed E-state index contributed by atoms with van der Waals surface area (Å²) in [5.74, 6) is -0.461. The van der Waals surface area contributed by atoms with Crippen LogP contribution in [0.25, 0.3) is 10.9 Å².